The Balaban J connectivity index is 1.57. The number of rotatable bonds is 7. The minimum Gasteiger partial charge on any atom is -0.388 e. The van der Waals surface area contributed by atoms with Crippen LogP contribution in [0.2, 0.25) is 0 Å². The zero-order valence-electron chi connectivity index (χ0n) is 16.4. The van der Waals surface area contributed by atoms with Crippen molar-refractivity contribution in [2.75, 3.05) is 26.2 Å². The third-order valence-corrected chi connectivity index (χ3v) is 5.48. The van der Waals surface area contributed by atoms with Crippen LogP contribution in [0.1, 0.15) is 24.5 Å². The fraction of sp³-hybridized carbons (Fsp3) is 0.455. The van der Waals surface area contributed by atoms with E-state index < -0.39 is 11.7 Å². The molecule has 6 nitrogen and oxygen atoms in total. The van der Waals surface area contributed by atoms with Gasteiger partial charge in [-0.1, -0.05) is 37.3 Å². The number of aromatic nitrogens is 1. The van der Waals surface area contributed by atoms with E-state index in [4.69, 9.17) is 0 Å². The van der Waals surface area contributed by atoms with Gasteiger partial charge < -0.3 is 15.1 Å². The molecule has 0 saturated carbocycles. The van der Waals surface area contributed by atoms with Gasteiger partial charge in [-0.15, -0.1) is 0 Å². The molecule has 28 heavy (non-hydrogen) atoms. The summed E-state index contributed by atoms with van der Waals surface area (Å²) in [5.74, 6) is -0.0172. The lowest BCUT2D eigenvalue weighted by molar-refractivity contribution is -0.153. The second-order valence-corrected chi connectivity index (χ2v) is 7.53. The van der Waals surface area contributed by atoms with E-state index in [2.05, 4.69) is 9.88 Å². The number of nitrogens with zero attached hydrogens (tertiary/aromatic N) is 3. The van der Waals surface area contributed by atoms with Gasteiger partial charge in [0.15, 0.2) is 0 Å². The summed E-state index contributed by atoms with van der Waals surface area (Å²) < 4.78 is 0. The van der Waals surface area contributed by atoms with Crippen molar-refractivity contribution in [1.29, 1.82) is 0 Å². The first-order chi connectivity index (χ1) is 13.5. The van der Waals surface area contributed by atoms with Crippen molar-refractivity contribution < 1.29 is 15.0 Å². The average Bonchev–Trinajstić information content (AvgIpc) is 2.71. The number of hydrogen-bond acceptors (Lipinski definition) is 5. The van der Waals surface area contributed by atoms with Crippen LogP contribution in [0.3, 0.4) is 0 Å². The zero-order valence-corrected chi connectivity index (χ0v) is 16.4. The Morgan fingerprint density at radius 1 is 1.21 bits per heavy atom. The summed E-state index contributed by atoms with van der Waals surface area (Å²) in [7, 11) is 0. The van der Waals surface area contributed by atoms with Crippen molar-refractivity contribution in [1.82, 2.24) is 14.8 Å². The Kier molecular flexibility index (Phi) is 6.78. The van der Waals surface area contributed by atoms with Crippen molar-refractivity contribution in [2.24, 2.45) is 0 Å². The number of benzene rings is 1. The highest BCUT2D eigenvalue weighted by Crippen LogP contribution is 2.25. The molecule has 0 unspecified atom stereocenters. The van der Waals surface area contributed by atoms with Crippen LogP contribution in [0.15, 0.2) is 54.9 Å². The Morgan fingerprint density at radius 2 is 1.93 bits per heavy atom. The smallest absolute Gasteiger partial charge is 0.227 e. The fourth-order valence-electron chi connectivity index (χ4n) is 3.67. The van der Waals surface area contributed by atoms with Crippen LogP contribution in [0.4, 0.5) is 0 Å². The highest BCUT2D eigenvalue weighted by atomic mass is 16.3. The number of hydrogen-bond donors (Lipinski definition) is 2. The molecule has 2 atom stereocenters. The normalized spacial score (nSPS) is 22.4. The molecule has 1 saturated heterocycles. The highest BCUT2D eigenvalue weighted by Gasteiger charge is 2.42. The first-order valence-electron chi connectivity index (χ1n) is 9.83. The molecule has 1 aliphatic rings. The Labute approximate surface area is 166 Å². The van der Waals surface area contributed by atoms with Crippen molar-refractivity contribution >= 4 is 5.91 Å². The van der Waals surface area contributed by atoms with Gasteiger partial charge in [0, 0.05) is 38.6 Å². The molecule has 0 radical (unpaired) electrons. The quantitative estimate of drug-likeness (QED) is 0.757. The number of piperidine rings is 1. The number of likely N-dealkylation sites (tertiary alicyclic amines) is 1. The van der Waals surface area contributed by atoms with Gasteiger partial charge >= 0.3 is 0 Å². The molecule has 2 heterocycles. The Bertz CT molecular complexity index is 756. The number of pyridine rings is 1. The zero-order chi connectivity index (χ0) is 20.0. The van der Waals surface area contributed by atoms with Gasteiger partial charge in [-0.3, -0.25) is 14.7 Å². The summed E-state index contributed by atoms with van der Waals surface area (Å²) >= 11 is 0. The molecule has 0 bridgehead atoms. The number of likely N-dealkylation sites (N-methyl/N-ethyl adjacent to an activating group) is 1. The van der Waals surface area contributed by atoms with Crippen LogP contribution in [0, 0.1) is 0 Å². The lowest BCUT2D eigenvalue weighted by atomic mass is 9.87. The standard InChI is InChI=1S/C22H29N3O3/c1-2-24(15-19-8-11-23-12-9-19)17-22(28)10-13-25(16-20(22)26)21(27)14-18-6-4-3-5-7-18/h3-9,11-12,20,26,28H,2,10,13-17H2,1H3/t20-,22-/m0/s1. The van der Waals surface area contributed by atoms with Crippen LogP contribution in [0.25, 0.3) is 0 Å². The van der Waals surface area contributed by atoms with Crippen molar-refractivity contribution in [3.05, 3.63) is 66.0 Å². The fourth-order valence-corrected chi connectivity index (χ4v) is 3.67. The second kappa shape index (κ2) is 9.28. The predicted molar refractivity (Wildman–Crippen MR) is 107 cm³/mol. The van der Waals surface area contributed by atoms with E-state index in [9.17, 15) is 15.0 Å². The highest BCUT2D eigenvalue weighted by molar-refractivity contribution is 5.79. The van der Waals surface area contributed by atoms with Gasteiger partial charge in [-0.2, -0.15) is 0 Å². The SMILES string of the molecule is CCN(Cc1ccncc1)C[C@@]1(O)CCN(C(=O)Cc2ccccc2)C[C@@H]1O. The third kappa shape index (κ3) is 5.16. The van der Waals surface area contributed by atoms with Crippen LogP contribution < -0.4 is 0 Å². The molecular weight excluding hydrogens is 354 g/mol. The van der Waals surface area contributed by atoms with E-state index >= 15 is 0 Å². The number of carbonyl (C=O) groups is 1. The molecular formula is C22H29N3O3. The Hall–Kier alpha value is -2.28. The molecule has 3 rings (SSSR count). The van der Waals surface area contributed by atoms with E-state index in [-0.39, 0.29) is 12.5 Å². The summed E-state index contributed by atoms with van der Waals surface area (Å²) in [5, 5.41) is 21.7. The molecule has 1 amide bonds. The summed E-state index contributed by atoms with van der Waals surface area (Å²) in [5.41, 5.74) is 0.856. The second-order valence-electron chi connectivity index (χ2n) is 7.53. The van der Waals surface area contributed by atoms with Crippen molar-refractivity contribution in [2.45, 2.75) is 38.0 Å². The van der Waals surface area contributed by atoms with Gasteiger partial charge in [0.2, 0.25) is 5.91 Å². The monoisotopic (exact) mass is 383 g/mol. The van der Waals surface area contributed by atoms with Crippen LogP contribution in [-0.4, -0.2) is 68.8 Å². The number of β-amino-alcohol motifs (C(OH)–C–C–N with tert-alkyl or cyclic N) is 1. The minimum absolute atomic E-state index is 0.0172. The molecule has 1 fully saturated rings. The molecule has 150 valence electrons. The van der Waals surface area contributed by atoms with Crippen LogP contribution >= 0.6 is 0 Å². The molecule has 0 spiro atoms. The van der Waals surface area contributed by atoms with E-state index in [0.717, 1.165) is 17.7 Å². The molecule has 1 aromatic heterocycles. The largest absolute Gasteiger partial charge is 0.388 e. The summed E-state index contributed by atoms with van der Waals surface area (Å²) in [6.07, 6.45) is 3.22. The predicted octanol–water partition coefficient (Wildman–Crippen LogP) is 1.47. The van der Waals surface area contributed by atoms with Crippen molar-refractivity contribution in [3.8, 4) is 0 Å². The average molecular weight is 383 g/mol. The molecule has 0 aliphatic carbocycles. The molecule has 1 aliphatic heterocycles. The van der Waals surface area contributed by atoms with E-state index in [1.165, 1.54) is 0 Å². The van der Waals surface area contributed by atoms with Crippen LogP contribution in [-0.2, 0) is 17.8 Å². The lowest BCUT2D eigenvalue weighted by Gasteiger charge is -2.44. The van der Waals surface area contributed by atoms with Crippen LogP contribution in [0.5, 0.6) is 0 Å². The maximum atomic E-state index is 12.6. The summed E-state index contributed by atoms with van der Waals surface area (Å²) in [6, 6.07) is 13.5. The number of amides is 1. The van der Waals surface area contributed by atoms with E-state index in [0.29, 0.717) is 32.5 Å². The summed E-state index contributed by atoms with van der Waals surface area (Å²) in [6.45, 7) is 4.46. The van der Waals surface area contributed by atoms with Crippen molar-refractivity contribution in [3.63, 3.8) is 0 Å². The summed E-state index contributed by atoms with van der Waals surface area (Å²) in [4.78, 5) is 20.4. The number of carbonyl (C=O) groups excluding carboxylic acids is 1. The van der Waals surface area contributed by atoms with Gasteiger partial charge in [0.25, 0.3) is 0 Å². The lowest BCUT2D eigenvalue weighted by Crippen LogP contribution is -2.61. The third-order valence-electron chi connectivity index (χ3n) is 5.48. The first-order valence-corrected chi connectivity index (χ1v) is 9.83. The maximum Gasteiger partial charge on any atom is 0.227 e. The van der Waals surface area contributed by atoms with Gasteiger partial charge in [0.1, 0.15) is 11.7 Å². The maximum absolute atomic E-state index is 12.6. The molecule has 6 heteroatoms. The molecule has 1 aromatic carbocycles. The number of aliphatic hydroxyl groups excluding tert-OH is 1. The minimum atomic E-state index is -1.22. The van der Waals surface area contributed by atoms with E-state index in [1.807, 2.05) is 49.4 Å². The topological polar surface area (TPSA) is 76.9 Å². The van der Waals surface area contributed by atoms with E-state index in [1.54, 1.807) is 17.3 Å². The molecule has 2 aromatic rings. The first kappa shape index (κ1) is 20.5. The van der Waals surface area contributed by atoms with Gasteiger partial charge in [0.05, 0.1) is 6.42 Å². The number of aliphatic hydroxyl groups is 2. The van der Waals surface area contributed by atoms with Gasteiger partial charge in [-0.05, 0) is 36.2 Å². The Morgan fingerprint density at radius 3 is 2.57 bits per heavy atom. The van der Waals surface area contributed by atoms with Gasteiger partial charge in [-0.25, -0.2) is 0 Å². The molecule has 2 N–H and O–H groups in total.